The van der Waals surface area contributed by atoms with E-state index in [1.54, 1.807) is 11.3 Å². The van der Waals surface area contributed by atoms with Gasteiger partial charge < -0.3 is 15.1 Å². The van der Waals surface area contributed by atoms with Gasteiger partial charge in [0.25, 0.3) is 0 Å². The number of rotatable bonds is 7. The van der Waals surface area contributed by atoms with Crippen molar-refractivity contribution in [3.63, 3.8) is 0 Å². The maximum Gasteiger partial charge on any atom is 0.193 e. The molecule has 1 aliphatic heterocycles. The van der Waals surface area contributed by atoms with Gasteiger partial charge in [0.05, 0.1) is 5.69 Å². The van der Waals surface area contributed by atoms with Crippen LogP contribution in [0.5, 0.6) is 0 Å². The number of thiazole rings is 1. The third kappa shape index (κ3) is 5.21. The van der Waals surface area contributed by atoms with Crippen molar-refractivity contribution in [1.29, 1.82) is 0 Å². The lowest BCUT2D eigenvalue weighted by Gasteiger charge is -2.22. The first-order valence-corrected chi connectivity index (χ1v) is 10.4. The molecule has 0 spiro atoms. The maximum absolute atomic E-state index is 4.79. The molecular formula is C20H29N5S. The Kier molecular flexibility index (Phi) is 6.89. The molecule has 0 bridgehead atoms. The molecule has 1 aromatic heterocycles. The summed E-state index contributed by atoms with van der Waals surface area (Å²) >= 11 is 1.76. The van der Waals surface area contributed by atoms with Gasteiger partial charge in [-0.3, -0.25) is 4.99 Å². The first-order valence-electron chi connectivity index (χ1n) is 9.49. The fraction of sp³-hybridized carbons (Fsp3) is 0.500. The average molecular weight is 372 g/mol. The van der Waals surface area contributed by atoms with Crippen molar-refractivity contribution >= 4 is 22.4 Å². The number of nitrogens with zero attached hydrogens (tertiary/aromatic N) is 4. The van der Waals surface area contributed by atoms with Gasteiger partial charge in [-0.1, -0.05) is 30.3 Å². The molecule has 5 nitrogen and oxygen atoms in total. The minimum atomic E-state index is 0.755. The Labute approximate surface area is 160 Å². The number of nitrogens with one attached hydrogen (secondary N) is 1. The van der Waals surface area contributed by atoms with Gasteiger partial charge in [-0.2, -0.15) is 0 Å². The summed E-state index contributed by atoms with van der Waals surface area (Å²) in [6.07, 6.45) is 3.47. The van der Waals surface area contributed by atoms with Crippen LogP contribution in [0, 0.1) is 0 Å². The second-order valence-electron chi connectivity index (χ2n) is 6.64. The van der Waals surface area contributed by atoms with Crippen LogP contribution in [-0.2, 0) is 13.0 Å². The topological polar surface area (TPSA) is 43.8 Å². The molecule has 2 heterocycles. The molecule has 0 saturated carbocycles. The lowest BCUT2D eigenvalue weighted by molar-refractivity contribution is 0.477. The van der Waals surface area contributed by atoms with Crippen molar-refractivity contribution in [2.24, 2.45) is 4.99 Å². The minimum Gasteiger partial charge on any atom is -0.357 e. The highest BCUT2D eigenvalue weighted by Gasteiger charge is 2.15. The highest BCUT2D eigenvalue weighted by Crippen LogP contribution is 2.24. The van der Waals surface area contributed by atoms with Crippen molar-refractivity contribution < 1.29 is 0 Å². The first kappa shape index (κ1) is 18.7. The predicted molar refractivity (Wildman–Crippen MR) is 111 cm³/mol. The molecule has 3 rings (SSSR count). The van der Waals surface area contributed by atoms with Crippen LogP contribution in [0.4, 0.5) is 5.13 Å². The molecule has 2 aromatic rings. The van der Waals surface area contributed by atoms with Crippen LogP contribution in [0.1, 0.15) is 31.0 Å². The second kappa shape index (κ2) is 9.57. The summed E-state index contributed by atoms with van der Waals surface area (Å²) in [6, 6.07) is 10.5. The lowest BCUT2D eigenvalue weighted by Crippen LogP contribution is -2.38. The number of guanidine groups is 1. The molecule has 1 N–H and O–H groups in total. The first-order chi connectivity index (χ1) is 12.8. The van der Waals surface area contributed by atoms with Crippen molar-refractivity contribution in [3.05, 3.63) is 47.0 Å². The SMILES string of the molecule is CCNC(=NCCc1csc(N2CCCC2)n1)N(C)Cc1ccccc1. The Balaban J connectivity index is 1.55. The Hall–Kier alpha value is -2.08. The Morgan fingerprint density at radius 2 is 2.04 bits per heavy atom. The van der Waals surface area contributed by atoms with Gasteiger partial charge in [-0.15, -0.1) is 11.3 Å². The number of benzene rings is 1. The van der Waals surface area contributed by atoms with E-state index in [-0.39, 0.29) is 0 Å². The summed E-state index contributed by atoms with van der Waals surface area (Å²) < 4.78 is 0. The summed E-state index contributed by atoms with van der Waals surface area (Å²) in [7, 11) is 2.09. The molecule has 1 saturated heterocycles. The lowest BCUT2D eigenvalue weighted by atomic mass is 10.2. The standard InChI is InChI=1S/C20H29N5S/c1-3-21-19(24(2)15-17-9-5-4-6-10-17)22-12-11-18-16-26-20(23-18)25-13-7-8-14-25/h4-6,9-10,16H,3,7-8,11-15H2,1-2H3,(H,21,22). The van der Waals surface area contributed by atoms with Gasteiger partial charge in [0, 0.05) is 51.6 Å². The smallest absolute Gasteiger partial charge is 0.193 e. The number of aliphatic imine (C=N–C) groups is 1. The molecule has 1 aliphatic rings. The van der Waals surface area contributed by atoms with E-state index < -0.39 is 0 Å². The Morgan fingerprint density at radius 1 is 1.27 bits per heavy atom. The van der Waals surface area contributed by atoms with E-state index in [2.05, 4.69) is 58.7 Å². The monoisotopic (exact) mass is 371 g/mol. The van der Waals surface area contributed by atoms with Gasteiger partial charge in [-0.25, -0.2) is 4.98 Å². The summed E-state index contributed by atoms with van der Waals surface area (Å²) in [5.74, 6) is 0.950. The zero-order chi connectivity index (χ0) is 18.2. The fourth-order valence-electron chi connectivity index (χ4n) is 3.14. The quantitative estimate of drug-likeness (QED) is 0.599. The molecule has 1 aromatic carbocycles. The molecule has 1 fully saturated rings. The van der Waals surface area contributed by atoms with Crippen molar-refractivity contribution in [1.82, 2.24) is 15.2 Å². The van der Waals surface area contributed by atoms with E-state index in [0.717, 1.165) is 50.8 Å². The van der Waals surface area contributed by atoms with Crippen LogP contribution in [0.2, 0.25) is 0 Å². The van der Waals surface area contributed by atoms with E-state index in [1.807, 2.05) is 6.07 Å². The fourth-order valence-corrected chi connectivity index (χ4v) is 4.06. The van der Waals surface area contributed by atoms with Crippen LogP contribution in [0.15, 0.2) is 40.7 Å². The van der Waals surface area contributed by atoms with Crippen molar-refractivity contribution in [2.75, 3.05) is 38.1 Å². The molecule has 0 amide bonds. The van der Waals surface area contributed by atoms with Gasteiger partial charge in [0.15, 0.2) is 11.1 Å². The van der Waals surface area contributed by atoms with Gasteiger partial charge in [-0.05, 0) is 25.3 Å². The second-order valence-corrected chi connectivity index (χ2v) is 7.48. The van der Waals surface area contributed by atoms with Crippen LogP contribution in [0.25, 0.3) is 0 Å². The average Bonchev–Trinajstić information content (AvgIpc) is 3.33. The Bertz CT molecular complexity index is 691. The van der Waals surface area contributed by atoms with Crippen molar-refractivity contribution in [3.8, 4) is 0 Å². The largest absolute Gasteiger partial charge is 0.357 e. The van der Waals surface area contributed by atoms with E-state index in [4.69, 9.17) is 9.98 Å². The van der Waals surface area contributed by atoms with Crippen LogP contribution < -0.4 is 10.2 Å². The molecule has 140 valence electrons. The van der Waals surface area contributed by atoms with Crippen LogP contribution in [0.3, 0.4) is 0 Å². The summed E-state index contributed by atoms with van der Waals surface area (Å²) in [5, 5.41) is 6.75. The molecule has 26 heavy (non-hydrogen) atoms. The number of hydrogen-bond acceptors (Lipinski definition) is 4. The predicted octanol–water partition coefficient (Wildman–Crippen LogP) is 3.38. The van der Waals surface area contributed by atoms with Gasteiger partial charge in [0.1, 0.15) is 0 Å². The molecule has 0 atom stereocenters. The number of aromatic nitrogens is 1. The maximum atomic E-state index is 4.79. The third-order valence-corrected chi connectivity index (χ3v) is 5.45. The van der Waals surface area contributed by atoms with E-state index in [9.17, 15) is 0 Å². The number of hydrogen-bond donors (Lipinski definition) is 1. The van der Waals surface area contributed by atoms with Gasteiger partial charge >= 0.3 is 0 Å². The summed E-state index contributed by atoms with van der Waals surface area (Å²) in [6.45, 7) is 6.88. The molecule has 0 aliphatic carbocycles. The molecule has 0 unspecified atom stereocenters. The van der Waals surface area contributed by atoms with Crippen molar-refractivity contribution in [2.45, 2.75) is 32.7 Å². The molecule has 0 radical (unpaired) electrons. The summed E-state index contributed by atoms with van der Waals surface area (Å²) in [4.78, 5) is 14.2. The van der Waals surface area contributed by atoms with Crippen LogP contribution >= 0.6 is 11.3 Å². The Morgan fingerprint density at radius 3 is 2.77 bits per heavy atom. The highest BCUT2D eigenvalue weighted by atomic mass is 32.1. The molecule has 6 heteroatoms. The zero-order valence-electron chi connectivity index (χ0n) is 15.8. The van der Waals surface area contributed by atoms with Crippen LogP contribution in [-0.4, -0.2) is 49.1 Å². The zero-order valence-corrected chi connectivity index (χ0v) is 16.6. The number of anilines is 1. The normalized spacial score (nSPS) is 14.7. The summed E-state index contributed by atoms with van der Waals surface area (Å²) in [5.41, 5.74) is 2.44. The van der Waals surface area contributed by atoms with Gasteiger partial charge in [0.2, 0.25) is 0 Å². The third-order valence-electron chi connectivity index (χ3n) is 4.50. The van der Waals surface area contributed by atoms with E-state index in [1.165, 1.54) is 23.5 Å². The molecular weight excluding hydrogens is 342 g/mol. The van der Waals surface area contributed by atoms with E-state index >= 15 is 0 Å². The van der Waals surface area contributed by atoms with E-state index in [0.29, 0.717) is 0 Å². The minimum absolute atomic E-state index is 0.755. The highest BCUT2D eigenvalue weighted by molar-refractivity contribution is 7.13.